The first-order valence-corrected chi connectivity index (χ1v) is 23.8. The zero-order valence-corrected chi connectivity index (χ0v) is 41.3. The Bertz CT molecular complexity index is 2590. The van der Waals surface area contributed by atoms with Gasteiger partial charge in [-0.2, -0.15) is 5.26 Å². The minimum atomic E-state index is -1.00. The molecule has 1 aliphatic heterocycles. The van der Waals surface area contributed by atoms with E-state index in [0.29, 0.717) is 30.2 Å². The van der Waals surface area contributed by atoms with Gasteiger partial charge in [0.1, 0.15) is 36.6 Å². The Morgan fingerprint density at radius 3 is 2.34 bits per heavy atom. The van der Waals surface area contributed by atoms with Crippen molar-refractivity contribution in [2.45, 2.75) is 112 Å². The fourth-order valence-electron chi connectivity index (χ4n) is 8.44. The summed E-state index contributed by atoms with van der Waals surface area (Å²) in [5.41, 5.74) is 9.95. The van der Waals surface area contributed by atoms with Crippen molar-refractivity contribution in [1.82, 2.24) is 25.7 Å². The minimum Gasteiger partial charge on any atom is -0.461 e. The second-order valence-electron chi connectivity index (χ2n) is 18.2. The molecule has 1 fully saturated rings. The largest absolute Gasteiger partial charge is 0.461 e. The summed E-state index contributed by atoms with van der Waals surface area (Å²) in [7, 11) is 0. The molecule has 0 bridgehead atoms. The van der Waals surface area contributed by atoms with Gasteiger partial charge in [0.25, 0.3) is 0 Å². The van der Waals surface area contributed by atoms with E-state index in [2.05, 4.69) is 56.9 Å². The van der Waals surface area contributed by atoms with E-state index in [-0.39, 0.29) is 31.5 Å². The summed E-state index contributed by atoms with van der Waals surface area (Å²) in [6, 6.07) is 19.4. The Kier molecular flexibility index (Phi) is 16.6. The Labute approximate surface area is 402 Å². The first kappa shape index (κ1) is 50.3. The van der Waals surface area contributed by atoms with Gasteiger partial charge in [-0.3, -0.25) is 19.2 Å². The molecule has 6 rings (SSSR count). The Morgan fingerprint density at radius 2 is 1.72 bits per heavy atom. The van der Waals surface area contributed by atoms with Gasteiger partial charge in [0.05, 0.1) is 44.9 Å². The van der Waals surface area contributed by atoms with E-state index in [9.17, 15) is 24.4 Å². The van der Waals surface area contributed by atoms with Crippen molar-refractivity contribution in [3.05, 3.63) is 105 Å². The summed E-state index contributed by atoms with van der Waals surface area (Å²) in [5.74, 6) is -1.08. The number of carbonyl (C=O) groups excluding carboxylic acids is 4. The normalized spacial score (nSPS) is 15.7. The van der Waals surface area contributed by atoms with Gasteiger partial charge >= 0.3 is 5.97 Å². The predicted molar refractivity (Wildman–Crippen MR) is 260 cm³/mol. The topological polar surface area (TPSA) is 180 Å². The third kappa shape index (κ3) is 12.5. The van der Waals surface area contributed by atoms with Gasteiger partial charge in [-0.1, -0.05) is 73.9 Å². The molecule has 4 atom stereocenters. The average Bonchev–Trinajstić information content (AvgIpc) is 4.00. The number of hydrogen-bond acceptors (Lipinski definition) is 12. The lowest BCUT2D eigenvalue weighted by Crippen LogP contribution is -2.58. The summed E-state index contributed by atoms with van der Waals surface area (Å²) in [6.45, 7) is 17.2. The van der Waals surface area contributed by atoms with E-state index in [4.69, 9.17) is 25.6 Å². The molecule has 14 nitrogen and oxygen atoms in total. The van der Waals surface area contributed by atoms with E-state index >= 15 is 0 Å². The monoisotopic (exact) mass is 949 g/mol. The number of carbonyl (C=O) groups is 4. The van der Waals surface area contributed by atoms with Gasteiger partial charge in [0.2, 0.25) is 17.7 Å². The SMILES string of the molecule is CC(=O)O[C@@H]1C[C@@H](C(=O)N[C@@H](C)c2ccc(-c3scnc3C)cc2)N(C(=O)[C@@H](NC(=O)COCCCCCN(c2ccc(C#N)c(Cl)c2)c2cc(-c3c(C)noc3C)ccc2C)C(C)(C)C)C1. The Hall–Kier alpha value is -6.08. The van der Waals surface area contributed by atoms with E-state index < -0.39 is 41.4 Å². The number of unbranched alkanes of at least 4 members (excludes halogenated alkanes) is 2. The third-order valence-corrected chi connectivity index (χ3v) is 13.3. The smallest absolute Gasteiger partial charge is 0.302 e. The van der Waals surface area contributed by atoms with Crippen LogP contribution in [0, 0.1) is 44.4 Å². The molecule has 5 aromatic rings. The Balaban J connectivity index is 1.05. The maximum Gasteiger partial charge on any atom is 0.302 e. The molecule has 0 unspecified atom stereocenters. The number of aromatic nitrogens is 2. The molecule has 1 aliphatic rings. The van der Waals surface area contributed by atoms with Crippen LogP contribution in [0.3, 0.4) is 0 Å². The molecule has 67 heavy (non-hydrogen) atoms. The maximum absolute atomic E-state index is 14.4. The highest BCUT2D eigenvalue weighted by atomic mass is 35.5. The fourth-order valence-corrected chi connectivity index (χ4v) is 9.47. The van der Waals surface area contributed by atoms with E-state index in [1.54, 1.807) is 17.4 Å². The van der Waals surface area contributed by atoms with Crippen molar-refractivity contribution in [2.75, 3.05) is 31.2 Å². The number of anilines is 2. The first-order valence-electron chi connectivity index (χ1n) is 22.5. The standard InChI is InChI=1S/C51H60ClN7O7S/c1-30-13-14-38(46-32(3)57-66-34(46)5)23-43(30)58(40-20-19-39(26-53)42(52)24-40)21-11-10-12-22-64-28-45(61)56-48(51(7,8)9)50(63)59-27-41(65-35(6)60)25-44(59)49(62)55-31(2)36-15-17-37(18-16-36)47-33(4)54-29-67-47/h13-20,23-24,29,31,41,44,48H,10-12,21-22,25,27-28H2,1-9H3,(H,55,62)(H,56,61)/t31-,41+,44-,48+/m0/s1. The van der Waals surface area contributed by atoms with Gasteiger partial charge < -0.3 is 34.4 Å². The number of rotatable bonds is 18. The molecule has 354 valence electrons. The summed E-state index contributed by atoms with van der Waals surface area (Å²) in [6.07, 6.45) is 1.66. The molecule has 0 aliphatic carbocycles. The van der Waals surface area contributed by atoms with Crippen LogP contribution < -0.4 is 15.5 Å². The molecule has 0 saturated carbocycles. The summed E-state index contributed by atoms with van der Waals surface area (Å²) >= 11 is 8.09. The quantitative estimate of drug-likeness (QED) is 0.0631. The van der Waals surface area contributed by atoms with Crippen molar-refractivity contribution in [1.29, 1.82) is 5.26 Å². The zero-order valence-electron chi connectivity index (χ0n) is 39.7. The number of nitriles is 1. The number of nitrogens with one attached hydrogen (secondary N) is 2. The lowest BCUT2D eigenvalue weighted by molar-refractivity contribution is -0.147. The van der Waals surface area contributed by atoms with Gasteiger partial charge in [-0.05, 0) is 106 Å². The van der Waals surface area contributed by atoms with Crippen LogP contribution >= 0.6 is 22.9 Å². The molecule has 2 aromatic heterocycles. The molecule has 0 spiro atoms. The minimum absolute atomic E-state index is 0.00852. The van der Waals surface area contributed by atoms with E-state index in [1.807, 2.05) is 90.4 Å². The second-order valence-corrected chi connectivity index (χ2v) is 19.5. The highest BCUT2D eigenvalue weighted by Gasteiger charge is 2.46. The molecular weight excluding hydrogens is 890 g/mol. The lowest BCUT2D eigenvalue weighted by Gasteiger charge is -2.35. The van der Waals surface area contributed by atoms with Crippen LogP contribution in [-0.2, 0) is 28.7 Å². The number of halogens is 1. The number of likely N-dealkylation sites (tertiary alicyclic amines) is 1. The third-order valence-electron chi connectivity index (χ3n) is 12.0. The number of ether oxygens (including phenoxy) is 2. The summed E-state index contributed by atoms with van der Waals surface area (Å²) in [5, 5.41) is 20.0. The fraction of sp³-hybridized carbons (Fsp3) is 0.431. The first-order chi connectivity index (χ1) is 31.9. The second kappa shape index (κ2) is 22.1. The molecule has 1 saturated heterocycles. The number of nitrogens with zero attached hydrogens (tertiary/aromatic N) is 5. The van der Waals surface area contributed by atoms with E-state index in [0.717, 1.165) is 74.1 Å². The van der Waals surface area contributed by atoms with Crippen LogP contribution in [0.25, 0.3) is 21.6 Å². The predicted octanol–water partition coefficient (Wildman–Crippen LogP) is 9.49. The highest BCUT2D eigenvalue weighted by molar-refractivity contribution is 7.13. The van der Waals surface area contributed by atoms with Gasteiger partial charge in [0, 0.05) is 43.4 Å². The van der Waals surface area contributed by atoms with Crippen molar-refractivity contribution >= 4 is 58.0 Å². The molecule has 3 aromatic carbocycles. The van der Waals surface area contributed by atoms with Crippen LogP contribution in [0.2, 0.25) is 5.02 Å². The zero-order chi connectivity index (χ0) is 48.6. The average molecular weight is 951 g/mol. The lowest BCUT2D eigenvalue weighted by atomic mass is 9.85. The van der Waals surface area contributed by atoms with Gasteiger partial charge in [-0.25, -0.2) is 4.98 Å². The number of hydrogen-bond donors (Lipinski definition) is 2. The number of benzene rings is 3. The summed E-state index contributed by atoms with van der Waals surface area (Å²) < 4.78 is 16.8. The van der Waals surface area contributed by atoms with Crippen molar-refractivity contribution in [3.8, 4) is 27.6 Å². The van der Waals surface area contributed by atoms with Gasteiger partial charge in [-0.15, -0.1) is 11.3 Å². The number of esters is 1. The highest BCUT2D eigenvalue weighted by Crippen LogP contribution is 2.37. The van der Waals surface area contributed by atoms with Crippen LogP contribution in [0.15, 0.2) is 70.7 Å². The molecule has 2 N–H and O–H groups in total. The van der Waals surface area contributed by atoms with E-state index in [1.165, 1.54) is 11.8 Å². The van der Waals surface area contributed by atoms with Crippen molar-refractivity contribution in [3.63, 3.8) is 0 Å². The molecule has 0 radical (unpaired) electrons. The van der Waals surface area contributed by atoms with Crippen LogP contribution in [0.5, 0.6) is 0 Å². The molecular formula is C51H60ClN7O7S. The van der Waals surface area contributed by atoms with Crippen LogP contribution in [0.4, 0.5) is 11.4 Å². The van der Waals surface area contributed by atoms with Crippen LogP contribution in [0.1, 0.15) is 100 Å². The maximum atomic E-state index is 14.4. The summed E-state index contributed by atoms with van der Waals surface area (Å²) in [4.78, 5) is 62.8. The van der Waals surface area contributed by atoms with Gasteiger partial charge in [0.15, 0.2) is 0 Å². The number of thiazole rings is 1. The molecule has 16 heteroatoms. The molecule has 3 amide bonds. The number of aryl methyl sites for hydroxylation is 4. The van der Waals surface area contributed by atoms with Crippen molar-refractivity contribution < 1.29 is 33.2 Å². The van der Waals surface area contributed by atoms with Crippen LogP contribution in [-0.4, -0.2) is 83.2 Å². The Morgan fingerprint density at radius 1 is 0.985 bits per heavy atom. The molecule has 3 heterocycles. The number of amides is 3. The van der Waals surface area contributed by atoms with Crippen molar-refractivity contribution in [2.24, 2.45) is 5.41 Å².